The summed E-state index contributed by atoms with van der Waals surface area (Å²) in [5.74, 6) is 1.44. The average Bonchev–Trinajstić information content (AvgIpc) is 3.37. The van der Waals surface area contributed by atoms with Gasteiger partial charge in [0, 0.05) is 26.1 Å². The molecule has 0 atom stereocenters. The maximum Gasteiger partial charge on any atom is 0.229 e. The Morgan fingerprint density at radius 3 is 2.61 bits per heavy atom. The Kier molecular flexibility index (Phi) is 5.94. The minimum Gasteiger partial charge on any atom is -0.438 e. The molecule has 2 aliphatic rings. The lowest BCUT2D eigenvalue weighted by molar-refractivity contribution is -0.131. The Bertz CT molecular complexity index is 1160. The molecule has 1 saturated heterocycles. The summed E-state index contributed by atoms with van der Waals surface area (Å²) in [5, 5.41) is 0. The molecule has 0 bridgehead atoms. The molecule has 5 rings (SSSR count). The van der Waals surface area contributed by atoms with Crippen LogP contribution in [0.15, 0.2) is 48.5 Å². The van der Waals surface area contributed by atoms with E-state index in [0.717, 1.165) is 42.8 Å². The van der Waals surface area contributed by atoms with Gasteiger partial charge in [-0.3, -0.25) is 4.79 Å². The van der Waals surface area contributed by atoms with Crippen LogP contribution in [0, 0.1) is 12.7 Å². The van der Waals surface area contributed by atoms with Gasteiger partial charge >= 0.3 is 0 Å². The lowest BCUT2D eigenvalue weighted by atomic mass is 10.0. The first-order chi connectivity index (χ1) is 16.1. The van der Waals surface area contributed by atoms with Gasteiger partial charge in [0.2, 0.25) is 17.7 Å². The van der Waals surface area contributed by atoms with Crippen molar-refractivity contribution >= 4 is 11.9 Å². The Morgan fingerprint density at radius 2 is 1.85 bits per heavy atom. The quantitative estimate of drug-likeness (QED) is 0.580. The van der Waals surface area contributed by atoms with Crippen molar-refractivity contribution in [1.82, 2.24) is 14.9 Å². The van der Waals surface area contributed by atoms with Crippen molar-refractivity contribution in [1.29, 1.82) is 0 Å². The first-order valence-electron chi connectivity index (χ1n) is 11.5. The topological polar surface area (TPSA) is 58.6 Å². The fourth-order valence-electron chi connectivity index (χ4n) is 4.40. The maximum absolute atomic E-state index is 13.8. The van der Waals surface area contributed by atoms with Crippen LogP contribution in [0.25, 0.3) is 0 Å². The van der Waals surface area contributed by atoms with Crippen LogP contribution in [0.1, 0.15) is 35.2 Å². The number of amides is 1. The first kappa shape index (κ1) is 21.4. The van der Waals surface area contributed by atoms with Crippen LogP contribution in [0.2, 0.25) is 0 Å². The summed E-state index contributed by atoms with van der Waals surface area (Å²) in [7, 11) is 0. The van der Waals surface area contributed by atoms with Crippen molar-refractivity contribution in [3.63, 3.8) is 0 Å². The zero-order chi connectivity index (χ0) is 22.8. The molecule has 0 saturated carbocycles. The summed E-state index contributed by atoms with van der Waals surface area (Å²) < 4.78 is 19.9. The molecule has 2 aromatic carbocycles. The number of hydrogen-bond acceptors (Lipinski definition) is 5. The fraction of sp³-hybridized carbons (Fsp3) is 0.346. The van der Waals surface area contributed by atoms with Crippen LogP contribution < -0.4 is 9.64 Å². The molecule has 3 aromatic rings. The Hall–Kier alpha value is -3.48. The molecule has 1 amide bonds. The van der Waals surface area contributed by atoms with Gasteiger partial charge in [-0.05, 0) is 49.1 Å². The maximum atomic E-state index is 13.8. The largest absolute Gasteiger partial charge is 0.438 e. The molecule has 0 unspecified atom stereocenters. The molecule has 1 aromatic heterocycles. The zero-order valence-electron chi connectivity index (χ0n) is 18.8. The minimum atomic E-state index is -0.275. The van der Waals surface area contributed by atoms with Gasteiger partial charge in [0.05, 0.1) is 24.2 Å². The van der Waals surface area contributed by atoms with E-state index in [9.17, 15) is 9.18 Å². The molecule has 2 aliphatic heterocycles. The number of rotatable bonds is 5. The van der Waals surface area contributed by atoms with E-state index in [1.165, 1.54) is 6.07 Å². The van der Waals surface area contributed by atoms with Gasteiger partial charge in [-0.15, -0.1) is 0 Å². The second-order valence-corrected chi connectivity index (χ2v) is 8.69. The highest BCUT2D eigenvalue weighted by Gasteiger charge is 2.28. The molecule has 6 nitrogen and oxygen atoms in total. The van der Waals surface area contributed by atoms with Crippen molar-refractivity contribution in [2.75, 3.05) is 24.5 Å². The third-order valence-corrected chi connectivity index (χ3v) is 6.29. The van der Waals surface area contributed by atoms with Crippen LogP contribution in [-0.4, -0.2) is 40.4 Å². The van der Waals surface area contributed by atoms with Crippen LogP contribution in [0.4, 0.5) is 10.3 Å². The van der Waals surface area contributed by atoms with Gasteiger partial charge < -0.3 is 14.5 Å². The van der Waals surface area contributed by atoms with E-state index in [-0.39, 0.29) is 11.7 Å². The van der Waals surface area contributed by atoms with Gasteiger partial charge in [0.15, 0.2) is 0 Å². The normalized spacial score (nSPS) is 15.5. The molecule has 33 heavy (non-hydrogen) atoms. The van der Waals surface area contributed by atoms with E-state index < -0.39 is 0 Å². The van der Waals surface area contributed by atoms with Gasteiger partial charge in [0.1, 0.15) is 11.6 Å². The second kappa shape index (κ2) is 9.17. The molecule has 0 radical (unpaired) electrons. The van der Waals surface area contributed by atoms with Crippen LogP contribution in [0.3, 0.4) is 0 Å². The summed E-state index contributed by atoms with van der Waals surface area (Å²) in [6.45, 7) is 4.57. The summed E-state index contributed by atoms with van der Waals surface area (Å²) >= 11 is 0. The SMILES string of the molecule is Cc1cc(Oc2nc(N3CCCC3)nc3c2CN(C(=O)Cc2ccccc2)CC3)ccc1F. The molecular weight excluding hydrogens is 419 g/mol. The van der Waals surface area contributed by atoms with E-state index in [4.69, 9.17) is 14.7 Å². The number of fused-ring (bicyclic) bond motifs is 1. The first-order valence-corrected chi connectivity index (χ1v) is 11.5. The van der Waals surface area contributed by atoms with Gasteiger partial charge in [-0.1, -0.05) is 30.3 Å². The number of halogens is 1. The number of anilines is 1. The van der Waals surface area contributed by atoms with Gasteiger partial charge in [0.25, 0.3) is 0 Å². The number of carbonyl (C=O) groups is 1. The third-order valence-electron chi connectivity index (χ3n) is 6.29. The fourth-order valence-corrected chi connectivity index (χ4v) is 4.40. The van der Waals surface area contributed by atoms with E-state index in [0.29, 0.717) is 49.1 Å². The van der Waals surface area contributed by atoms with Crippen LogP contribution in [0.5, 0.6) is 11.6 Å². The molecule has 1 fully saturated rings. The zero-order valence-corrected chi connectivity index (χ0v) is 18.8. The number of aromatic nitrogens is 2. The highest BCUT2D eigenvalue weighted by atomic mass is 19.1. The lowest BCUT2D eigenvalue weighted by Gasteiger charge is -2.30. The Labute approximate surface area is 193 Å². The summed E-state index contributed by atoms with van der Waals surface area (Å²) in [5.41, 5.74) is 3.25. The van der Waals surface area contributed by atoms with Crippen LogP contribution >= 0.6 is 0 Å². The summed E-state index contributed by atoms with van der Waals surface area (Å²) in [6.07, 6.45) is 3.25. The average molecular weight is 447 g/mol. The van der Waals surface area contributed by atoms with Crippen LogP contribution in [-0.2, 0) is 24.2 Å². The number of hydrogen-bond donors (Lipinski definition) is 0. The molecule has 0 N–H and O–H groups in total. The highest BCUT2D eigenvalue weighted by Crippen LogP contribution is 2.33. The van der Waals surface area contributed by atoms with E-state index in [1.54, 1.807) is 19.1 Å². The minimum absolute atomic E-state index is 0.0686. The molecular formula is C26H27FN4O2. The summed E-state index contributed by atoms with van der Waals surface area (Å²) in [4.78, 5) is 26.6. The Morgan fingerprint density at radius 1 is 1.06 bits per heavy atom. The Balaban J connectivity index is 1.44. The predicted molar refractivity (Wildman–Crippen MR) is 124 cm³/mol. The number of aryl methyl sites for hydroxylation is 1. The monoisotopic (exact) mass is 446 g/mol. The van der Waals surface area contributed by atoms with E-state index in [1.807, 2.05) is 35.2 Å². The van der Waals surface area contributed by atoms with Crippen molar-refractivity contribution in [2.45, 2.75) is 39.2 Å². The third kappa shape index (κ3) is 4.67. The number of benzene rings is 2. The molecule has 0 spiro atoms. The molecule has 7 heteroatoms. The standard InChI is InChI=1S/C26H27FN4O2/c1-18-15-20(9-10-22(18)27)33-25-21-17-31(24(32)16-19-7-3-2-4-8-19)14-11-23(21)28-26(29-25)30-12-5-6-13-30/h2-4,7-10,15H,5-6,11-14,16-17H2,1H3. The smallest absolute Gasteiger partial charge is 0.229 e. The van der Waals surface area contributed by atoms with E-state index in [2.05, 4.69) is 4.90 Å². The highest BCUT2D eigenvalue weighted by molar-refractivity contribution is 5.79. The van der Waals surface area contributed by atoms with Gasteiger partial charge in [-0.25, -0.2) is 9.37 Å². The molecule has 170 valence electrons. The number of nitrogens with zero attached hydrogens (tertiary/aromatic N) is 4. The molecule has 0 aliphatic carbocycles. The number of ether oxygens (including phenoxy) is 1. The van der Waals surface area contributed by atoms with Gasteiger partial charge in [-0.2, -0.15) is 4.98 Å². The predicted octanol–water partition coefficient (Wildman–Crippen LogP) is 4.44. The number of carbonyl (C=O) groups excluding carboxylic acids is 1. The van der Waals surface area contributed by atoms with E-state index >= 15 is 0 Å². The molecule has 3 heterocycles. The lowest BCUT2D eigenvalue weighted by Crippen LogP contribution is -2.38. The van der Waals surface area contributed by atoms with Crippen molar-refractivity contribution in [2.24, 2.45) is 0 Å². The second-order valence-electron chi connectivity index (χ2n) is 8.69. The van der Waals surface area contributed by atoms with Crippen molar-refractivity contribution in [3.8, 4) is 11.6 Å². The van der Waals surface area contributed by atoms with Crippen molar-refractivity contribution in [3.05, 3.63) is 76.7 Å². The van der Waals surface area contributed by atoms with Crippen molar-refractivity contribution < 1.29 is 13.9 Å². The summed E-state index contributed by atoms with van der Waals surface area (Å²) in [6, 6.07) is 14.4.